The molecule has 0 unspecified atom stereocenters. The standard InChI is InChI=1S/C25H34F2N8O/c1-7-17-12-21(31-23(30-17)25(6,26)27)35-19-13-20(29-16(4)36)28-14-18(19)22(32-35)33-11-10-24(5,15-33)34(8-2)9-3/h12-14H,7-11,15H2,1-6H3,(H,28,29,36)/t24-/m1/s1. The lowest BCUT2D eigenvalue weighted by Crippen LogP contribution is -2.48. The first-order valence-corrected chi connectivity index (χ1v) is 12.4. The number of aromatic nitrogens is 5. The van der Waals surface area contributed by atoms with E-state index in [-0.39, 0.29) is 17.3 Å². The number of pyridine rings is 1. The van der Waals surface area contributed by atoms with Gasteiger partial charge in [-0.3, -0.25) is 9.69 Å². The maximum absolute atomic E-state index is 14.2. The van der Waals surface area contributed by atoms with Gasteiger partial charge < -0.3 is 10.2 Å². The van der Waals surface area contributed by atoms with E-state index in [1.54, 1.807) is 23.0 Å². The summed E-state index contributed by atoms with van der Waals surface area (Å²) in [5.41, 5.74) is 1.10. The maximum Gasteiger partial charge on any atom is 0.303 e. The van der Waals surface area contributed by atoms with Crippen molar-refractivity contribution in [3.63, 3.8) is 0 Å². The molecule has 1 aliphatic rings. The van der Waals surface area contributed by atoms with Gasteiger partial charge in [-0.05, 0) is 32.9 Å². The molecule has 0 saturated carbocycles. The Kier molecular flexibility index (Phi) is 6.96. The zero-order valence-corrected chi connectivity index (χ0v) is 21.8. The van der Waals surface area contributed by atoms with E-state index >= 15 is 0 Å². The Morgan fingerprint density at radius 3 is 2.56 bits per heavy atom. The first-order valence-electron chi connectivity index (χ1n) is 12.4. The van der Waals surface area contributed by atoms with E-state index in [0.717, 1.165) is 44.9 Å². The number of likely N-dealkylation sites (N-methyl/N-ethyl adjacent to an activating group) is 1. The fraction of sp³-hybridized carbons (Fsp3) is 0.560. The Morgan fingerprint density at radius 1 is 1.22 bits per heavy atom. The number of rotatable bonds is 8. The second-order valence-corrected chi connectivity index (χ2v) is 9.63. The second-order valence-electron chi connectivity index (χ2n) is 9.63. The zero-order valence-electron chi connectivity index (χ0n) is 21.8. The predicted molar refractivity (Wildman–Crippen MR) is 136 cm³/mol. The normalized spacial score (nSPS) is 18.4. The van der Waals surface area contributed by atoms with Gasteiger partial charge >= 0.3 is 5.92 Å². The molecule has 1 saturated heterocycles. The van der Waals surface area contributed by atoms with Gasteiger partial charge in [0, 0.05) is 56.5 Å². The van der Waals surface area contributed by atoms with Gasteiger partial charge in [0.05, 0.1) is 10.9 Å². The summed E-state index contributed by atoms with van der Waals surface area (Å²) in [7, 11) is 0. The van der Waals surface area contributed by atoms with Gasteiger partial charge in [0.2, 0.25) is 11.7 Å². The third-order valence-electron chi connectivity index (χ3n) is 6.87. The van der Waals surface area contributed by atoms with Gasteiger partial charge in [-0.25, -0.2) is 19.6 Å². The number of halogens is 2. The number of anilines is 2. The van der Waals surface area contributed by atoms with E-state index in [1.807, 2.05) is 6.92 Å². The molecular formula is C25H34F2N8O. The number of amides is 1. The summed E-state index contributed by atoms with van der Waals surface area (Å²) in [5.74, 6) is -2.69. The van der Waals surface area contributed by atoms with Crippen molar-refractivity contribution in [2.24, 2.45) is 0 Å². The Hall–Kier alpha value is -3.21. The largest absolute Gasteiger partial charge is 0.353 e. The molecule has 1 N–H and O–H groups in total. The summed E-state index contributed by atoms with van der Waals surface area (Å²) >= 11 is 0. The van der Waals surface area contributed by atoms with E-state index in [0.29, 0.717) is 29.3 Å². The molecule has 1 aliphatic heterocycles. The smallest absolute Gasteiger partial charge is 0.303 e. The lowest BCUT2D eigenvalue weighted by molar-refractivity contribution is -0.114. The van der Waals surface area contributed by atoms with Crippen LogP contribution in [0.15, 0.2) is 18.3 Å². The highest BCUT2D eigenvalue weighted by molar-refractivity contribution is 5.95. The van der Waals surface area contributed by atoms with Crippen LogP contribution in [-0.2, 0) is 17.1 Å². The quantitative estimate of drug-likeness (QED) is 0.497. The number of nitrogens with one attached hydrogen (secondary N) is 1. The Bertz CT molecular complexity index is 1270. The van der Waals surface area contributed by atoms with Crippen molar-refractivity contribution in [3.8, 4) is 5.82 Å². The third-order valence-corrected chi connectivity index (χ3v) is 6.87. The Morgan fingerprint density at radius 2 is 1.94 bits per heavy atom. The average Bonchev–Trinajstić information content (AvgIpc) is 3.39. The second kappa shape index (κ2) is 9.68. The van der Waals surface area contributed by atoms with Crippen LogP contribution >= 0.6 is 0 Å². The van der Waals surface area contributed by atoms with Crippen LogP contribution in [0.2, 0.25) is 0 Å². The summed E-state index contributed by atoms with van der Waals surface area (Å²) in [6.45, 7) is 14.1. The number of aryl methyl sites for hydroxylation is 1. The van der Waals surface area contributed by atoms with E-state index in [9.17, 15) is 13.6 Å². The molecule has 1 fully saturated rings. The van der Waals surface area contributed by atoms with Crippen molar-refractivity contribution < 1.29 is 13.6 Å². The zero-order chi connectivity index (χ0) is 26.3. The van der Waals surface area contributed by atoms with Gasteiger partial charge in [0.15, 0.2) is 11.6 Å². The van der Waals surface area contributed by atoms with E-state index in [2.05, 4.69) is 50.8 Å². The average molecular weight is 501 g/mol. The number of hydrogen-bond donors (Lipinski definition) is 1. The third kappa shape index (κ3) is 4.88. The van der Waals surface area contributed by atoms with Crippen molar-refractivity contribution in [2.75, 3.05) is 36.4 Å². The van der Waals surface area contributed by atoms with Gasteiger partial charge in [-0.15, -0.1) is 5.10 Å². The minimum Gasteiger partial charge on any atom is -0.353 e. The predicted octanol–water partition coefficient (Wildman–Crippen LogP) is 4.15. The minimum atomic E-state index is -3.20. The van der Waals surface area contributed by atoms with Crippen molar-refractivity contribution in [3.05, 3.63) is 29.8 Å². The molecule has 0 aromatic carbocycles. The van der Waals surface area contributed by atoms with Crippen molar-refractivity contribution in [1.82, 2.24) is 29.6 Å². The van der Waals surface area contributed by atoms with Crippen molar-refractivity contribution in [2.45, 2.75) is 65.8 Å². The number of fused-ring (bicyclic) bond motifs is 1. The van der Waals surface area contributed by atoms with Crippen LogP contribution in [0.25, 0.3) is 16.7 Å². The molecule has 0 spiro atoms. The van der Waals surface area contributed by atoms with Crippen molar-refractivity contribution >= 4 is 28.4 Å². The first kappa shape index (κ1) is 25.9. The summed E-state index contributed by atoms with van der Waals surface area (Å²) in [4.78, 5) is 29.0. The number of carbonyl (C=O) groups is 1. The lowest BCUT2D eigenvalue weighted by atomic mass is 9.99. The summed E-state index contributed by atoms with van der Waals surface area (Å²) < 4.78 is 30.0. The molecule has 4 rings (SSSR count). The van der Waals surface area contributed by atoms with E-state index in [4.69, 9.17) is 5.10 Å². The van der Waals surface area contributed by atoms with Crippen LogP contribution in [0.5, 0.6) is 0 Å². The monoisotopic (exact) mass is 500 g/mol. The summed E-state index contributed by atoms with van der Waals surface area (Å²) in [6.07, 6.45) is 3.11. The highest BCUT2D eigenvalue weighted by Crippen LogP contribution is 2.36. The van der Waals surface area contributed by atoms with Crippen LogP contribution in [0, 0.1) is 0 Å². The topological polar surface area (TPSA) is 92.1 Å². The van der Waals surface area contributed by atoms with Crippen LogP contribution in [0.4, 0.5) is 20.4 Å². The number of alkyl halides is 2. The summed E-state index contributed by atoms with van der Waals surface area (Å²) in [5, 5.41) is 8.32. The Balaban J connectivity index is 1.87. The molecule has 194 valence electrons. The molecule has 0 bridgehead atoms. The molecule has 0 radical (unpaired) electrons. The molecule has 9 nitrogen and oxygen atoms in total. The van der Waals surface area contributed by atoms with Crippen LogP contribution in [0.1, 0.15) is 59.5 Å². The first-order chi connectivity index (χ1) is 17.0. The number of hydrogen-bond acceptors (Lipinski definition) is 7. The maximum atomic E-state index is 14.2. The molecule has 4 heterocycles. The summed E-state index contributed by atoms with van der Waals surface area (Å²) in [6, 6.07) is 3.37. The fourth-order valence-corrected chi connectivity index (χ4v) is 4.99. The van der Waals surface area contributed by atoms with Crippen molar-refractivity contribution in [1.29, 1.82) is 0 Å². The molecule has 1 amide bonds. The van der Waals surface area contributed by atoms with E-state index < -0.39 is 11.7 Å². The van der Waals surface area contributed by atoms with Crippen LogP contribution < -0.4 is 10.2 Å². The molecule has 3 aromatic rings. The minimum absolute atomic E-state index is 0.00904. The highest BCUT2D eigenvalue weighted by Gasteiger charge is 2.39. The van der Waals surface area contributed by atoms with Crippen LogP contribution in [-0.4, -0.2) is 67.3 Å². The van der Waals surface area contributed by atoms with Gasteiger partial charge in [-0.2, -0.15) is 8.78 Å². The van der Waals surface area contributed by atoms with Gasteiger partial charge in [0.25, 0.3) is 0 Å². The van der Waals surface area contributed by atoms with E-state index in [1.165, 1.54) is 6.92 Å². The fourth-order valence-electron chi connectivity index (χ4n) is 4.99. The molecule has 1 atom stereocenters. The van der Waals surface area contributed by atoms with Gasteiger partial charge in [0.1, 0.15) is 5.82 Å². The van der Waals surface area contributed by atoms with Gasteiger partial charge in [-0.1, -0.05) is 20.8 Å². The molecule has 36 heavy (non-hydrogen) atoms. The lowest BCUT2D eigenvalue weighted by Gasteiger charge is -2.37. The Labute approximate surface area is 209 Å². The number of carbonyl (C=O) groups excluding carboxylic acids is 1. The number of nitrogens with zero attached hydrogens (tertiary/aromatic N) is 7. The molecule has 0 aliphatic carbocycles. The molecular weight excluding hydrogens is 466 g/mol. The van der Waals surface area contributed by atoms with Crippen LogP contribution in [0.3, 0.4) is 0 Å². The molecule has 11 heteroatoms. The SMILES string of the molecule is CCc1cc(-n2nc(N3CC[C@@](C)(N(CC)CC)C3)c3cnc(NC(C)=O)cc32)nc(C(C)(F)F)n1. The molecule has 3 aromatic heterocycles. The highest BCUT2D eigenvalue weighted by atomic mass is 19.3.